The van der Waals surface area contributed by atoms with Gasteiger partial charge in [-0.2, -0.15) is 0 Å². The Kier molecular flexibility index (Phi) is 4.18. The Balaban J connectivity index is 1.88. The monoisotopic (exact) mass is 296 g/mol. The normalized spacial score (nSPS) is 12.5. The van der Waals surface area contributed by atoms with E-state index in [0.29, 0.717) is 0 Å². The molecule has 1 atom stereocenters. The summed E-state index contributed by atoms with van der Waals surface area (Å²) < 4.78 is 0. The number of aliphatic hydroxyl groups is 1. The summed E-state index contributed by atoms with van der Waals surface area (Å²) in [6.45, 7) is 1.97. The van der Waals surface area contributed by atoms with Gasteiger partial charge in [-0.25, -0.2) is 9.97 Å². The van der Waals surface area contributed by atoms with Crippen molar-refractivity contribution < 1.29 is 5.11 Å². The smallest absolute Gasteiger partial charge is 0.117 e. The van der Waals surface area contributed by atoms with Crippen molar-refractivity contribution in [2.75, 3.05) is 0 Å². The van der Waals surface area contributed by atoms with Gasteiger partial charge in [0.2, 0.25) is 0 Å². The summed E-state index contributed by atoms with van der Waals surface area (Å²) in [4.78, 5) is 9.76. The van der Waals surface area contributed by atoms with Crippen molar-refractivity contribution >= 4 is 22.7 Å². The number of para-hydroxylation sites is 1. The minimum atomic E-state index is -0.385. The van der Waals surface area contributed by atoms with Gasteiger partial charge < -0.3 is 5.11 Å². The molecule has 0 aliphatic rings. The topological polar surface area (TPSA) is 46.0 Å². The van der Waals surface area contributed by atoms with Crippen LogP contribution in [0.4, 0.5) is 0 Å². The summed E-state index contributed by atoms with van der Waals surface area (Å²) in [6.07, 6.45) is 1.94. The lowest BCUT2D eigenvalue weighted by molar-refractivity contribution is 0.173. The lowest BCUT2D eigenvalue weighted by Gasteiger charge is -2.09. The first-order valence-electron chi connectivity index (χ1n) is 6.93. The minimum absolute atomic E-state index is 0.385. The maximum Gasteiger partial charge on any atom is 0.117 e. The Bertz CT molecular complexity index is 738. The second-order valence-electron chi connectivity index (χ2n) is 4.79. The number of aliphatic hydroxyl groups excluding tert-OH is 1. The standard InChI is InChI=1S/C17H16N2OS/c1-2-16(20)12-7-9-13(10-8-12)21-17-14-5-3-4-6-15(14)18-11-19-17/h3-11,16,20H,2H2,1H3/t16-/m1/s1. The number of nitrogens with zero attached hydrogens (tertiary/aromatic N) is 2. The SMILES string of the molecule is CC[C@@H](O)c1ccc(Sc2ncnc3ccccc23)cc1. The second-order valence-corrected chi connectivity index (χ2v) is 5.85. The van der Waals surface area contributed by atoms with E-state index in [4.69, 9.17) is 0 Å². The molecule has 0 aliphatic heterocycles. The molecule has 0 unspecified atom stereocenters. The van der Waals surface area contributed by atoms with Crippen molar-refractivity contribution in [1.29, 1.82) is 0 Å². The van der Waals surface area contributed by atoms with E-state index < -0.39 is 0 Å². The second kappa shape index (κ2) is 6.24. The zero-order valence-electron chi connectivity index (χ0n) is 11.7. The molecule has 0 spiro atoms. The molecule has 4 heteroatoms. The van der Waals surface area contributed by atoms with Crippen LogP contribution in [0.3, 0.4) is 0 Å². The lowest BCUT2D eigenvalue weighted by atomic mass is 10.1. The van der Waals surface area contributed by atoms with Gasteiger partial charge in [0.15, 0.2) is 0 Å². The number of hydrogen-bond donors (Lipinski definition) is 1. The van der Waals surface area contributed by atoms with Gasteiger partial charge in [0.1, 0.15) is 11.4 Å². The van der Waals surface area contributed by atoms with Crippen LogP contribution in [0.1, 0.15) is 25.0 Å². The Labute approximate surface area is 128 Å². The fourth-order valence-electron chi connectivity index (χ4n) is 2.17. The molecule has 3 aromatic rings. The highest BCUT2D eigenvalue weighted by atomic mass is 32.2. The molecular weight excluding hydrogens is 280 g/mol. The van der Waals surface area contributed by atoms with Crippen LogP contribution >= 0.6 is 11.8 Å². The van der Waals surface area contributed by atoms with Crippen molar-refractivity contribution in [3.63, 3.8) is 0 Å². The summed E-state index contributed by atoms with van der Waals surface area (Å²) in [5, 5.41) is 11.8. The molecule has 0 bridgehead atoms. The van der Waals surface area contributed by atoms with Crippen LogP contribution in [-0.4, -0.2) is 15.1 Å². The van der Waals surface area contributed by atoms with E-state index in [1.165, 1.54) is 0 Å². The molecule has 1 N–H and O–H groups in total. The van der Waals surface area contributed by atoms with E-state index >= 15 is 0 Å². The largest absolute Gasteiger partial charge is 0.388 e. The Hall–Kier alpha value is -1.91. The third-order valence-electron chi connectivity index (χ3n) is 3.37. The third kappa shape index (κ3) is 3.06. The van der Waals surface area contributed by atoms with Crippen LogP contribution < -0.4 is 0 Å². The van der Waals surface area contributed by atoms with Gasteiger partial charge in [-0.3, -0.25) is 0 Å². The maximum absolute atomic E-state index is 9.82. The van der Waals surface area contributed by atoms with Gasteiger partial charge in [0.25, 0.3) is 0 Å². The highest BCUT2D eigenvalue weighted by molar-refractivity contribution is 7.99. The van der Waals surface area contributed by atoms with Crippen molar-refractivity contribution in [3.8, 4) is 0 Å². The first kappa shape index (κ1) is 14.0. The molecule has 0 fully saturated rings. The highest BCUT2D eigenvalue weighted by Gasteiger charge is 2.07. The molecule has 1 aromatic heterocycles. The number of rotatable bonds is 4. The fraction of sp³-hybridized carbons (Fsp3) is 0.176. The van der Waals surface area contributed by atoms with E-state index in [2.05, 4.69) is 9.97 Å². The zero-order chi connectivity index (χ0) is 14.7. The van der Waals surface area contributed by atoms with Gasteiger partial charge >= 0.3 is 0 Å². The maximum atomic E-state index is 9.82. The number of benzene rings is 2. The molecule has 106 valence electrons. The average Bonchev–Trinajstić information content (AvgIpc) is 2.55. The molecule has 21 heavy (non-hydrogen) atoms. The summed E-state index contributed by atoms with van der Waals surface area (Å²) >= 11 is 1.61. The van der Waals surface area contributed by atoms with Crippen molar-refractivity contribution in [2.24, 2.45) is 0 Å². The van der Waals surface area contributed by atoms with E-state index in [-0.39, 0.29) is 6.10 Å². The van der Waals surface area contributed by atoms with E-state index in [0.717, 1.165) is 32.8 Å². The van der Waals surface area contributed by atoms with Crippen molar-refractivity contribution in [1.82, 2.24) is 9.97 Å². The molecule has 0 saturated carbocycles. The number of fused-ring (bicyclic) bond motifs is 1. The highest BCUT2D eigenvalue weighted by Crippen LogP contribution is 2.31. The Morgan fingerprint density at radius 2 is 1.81 bits per heavy atom. The summed E-state index contributed by atoms with van der Waals surface area (Å²) in [7, 11) is 0. The van der Waals surface area contributed by atoms with Gasteiger partial charge in [0.05, 0.1) is 11.6 Å². The molecule has 0 amide bonds. The molecule has 3 nitrogen and oxygen atoms in total. The Morgan fingerprint density at radius 1 is 1.05 bits per heavy atom. The van der Waals surface area contributed by atoms with Gasteiger partial charge in [0, 0.05) is 10.3 Å². The summed E-state index contributed by atoms with van der Waals surface area (Å²) in [5.41, 5.74) is 1.91. The van der Waals surface area contributed by atoms with E-state index in [1.807, 2.05) is 55.5 Å². The molecule has 0 aliphatic carbocycles. The molecule has 0 radical (unpaired) electrons. The van der Waals surface area contributed by atoms with E-state index in [1.54, 1.807) is 18.1 Å². The lowest BCUT2D eigenvalue weighted by Crippen LogP contribution is -1.94. The fourth-order valence-corrected chi connectivity index (χ4v) is 3.04. The van der Waals surface area contributed by atoms with Gasteiger partial charge in [-0.1, -0.05) is 49.0 Å². The molecule has 0 saturated heterocycles. The van der Waals surface area contributed by atoms with Crippen LogP contribution in [0, 0.1) is 0 Å². The predicted octanol–water partition coefficient (Wildman–Crippen LogP) is 4.22. The first-order valence-corrected chi connectivity index (χ1v) is 7.75. The molecule has 3 rings (SSSR count). The third-order valence-corrected chi connectivity index (χ3v) is 4.40. The van der Waals surface area contributed by atoms with Crippen LogP contribution in [0.25, 0.3) is 10.9 Å². The van der Waals surface area contributed by atoms with Crippen molar-refractivity contribution in [2.45, 2.75) is 29.4 Å². The number of aromatic nitrogens is 2. The minimum Gasteiger partial charge on any atom is -0.388 e. The van der Waals surface area contributed by atoms with Gasteiger partial charge in [-0.05, 0) is 30.2 Å². The summed E-state index contributed by atoms with van der Waals surface area (Å²) in [5.74, 6) is 0. The zero-order valence-corrected chi connectivity index (χ0v) is 12.5. The quantitative estimate of drug-likeness (QED) is 0.732. The molecule has 2 aromatic carbocycles. The Morgan fingerprint density at radius 3 is 2.57 bits per heavy atom. The predicted molar refractivity (Wildman–Crippen MR) is 85.4 cm³/mol. The molecule has 1 heterocycles. The van der Waals surface area contributed by atoms with Crippen molar-refractivity contribution in [3.05, 3.63) is 60.4 Å². The average molecular weight is 296 g/mol. The van der Waals surface area contributed by atoms with Crippen LogP contribution in [-0.2, 0) is 0 Å². The summed E-state index contributed by atoms with van der Waals surface area (Å²) in [6, 6.07) is 16.0. The first-order chi connectivity index (χ1) is 10.3. The van der Waals surface area contributed by atoms with Crippen LogP contribution in [0.15, 0.2) is 64.8 Å². The van der Waals surface area contributed by atoms with E-state index in [9.17, 15) is 5.11 Å². The number of hydrogen-bond acceptors (Lipinski definition) is 4. The molecular formula is C17H16N2OS. The van der Waals surface area contributed by atoms with Gasteiger partial charge in [-0.15, -0.1) is 0 Å². The van der Waals surface area contributed by atoms with Crippen LogP contribution in [0.5, 0.6) is 0 Å². The van der Waals surface area contributed by atoms with Crippen LogP contribution in [0.2, 0.25) is 0 Å².